The van der Waals surface area contributed by atoms with Crippen LogP contribution in [0.2, 0.25) is 0 Å². The number of rotatable bonds is 4. The largest absolute Gasteiger partial charge is 0.369 e. The molecule has 1 heterocycles. The van der Waals surface area contributed by atoms with Crippen LogP contribution in [0.4, 0.5) is 0 Å². The summed E-state index contributed by atoms with van der Waals surface area (Å²) < 4.78 is 2.96. The predicted molar refractivity (Wildman–Crippen MR) is 85.6 cm³/mol. The van der Waals surface area contributed by atoms with Gasteiger partial charge in [-0.15, -0.1) is 0 Å². The summed E-state index contributed by atoms with van der Waals surface area (Å²) in [6, 6.07) is 7.10. The van der Waals surface area contributed by atoms with E-state index in [0.717, 1.165) is 18.4 Å². The fourth-order valence-electron chi connectivity index (χ4n) is 3.39. The van der Waals surface area contributed by atoms with Gasteiger partial charge in [0.1, 0.15) is 6.54 Å². The van der Waals surface area contributed by atoms with Crippen molar-refractivity contribution in [3.05, 3.63) is 34.7 Å². The average Bonchev–Trinajstić information content (AvgIpc) is 3.07. The Balaban J connectivity index is 1.80. The highest BCUT2D eigenvalue weighted by Crippen LogP contribution is 2.25. The van der Waals surface area contributed by atoms with Crippen molar-refractivity contribution in [1.29, 1.82) is 0 Å². The summed E-state index contributed by atoms with van der Waals surface area (Å²) in [4.78, 5) is 36.0. The van der Waals surface area contributed by atoms with Crippen LogP contribution in [0.3, 0.4) is 0 Å². The molecule has 1 aromatic heterocycles. The molecule has 2 aromatic rings. The maximum atomic E-state index is 12.3. The van der Waals surface area contributed by atoms with Crippen molar-refractivity contribution in [1.82, 2.24) is 14.5 Å². The van der Waals surface area contributed by atoms with Gasteiger partial charge in [-0.3, -0.25) is 18.7 Å². The van der Waals surface area contributed by atoms with E-state index in [0.29, 0.717) is 11.9 Å². The molecule has 0 saturated heterocycles. The Hall–Kier alpha value is -2.57. The van der Waals surface area contributed by atoms with Crippen molar-refractivity contribution < 1.29 is 9.59 Å². The van der Waals surface area contributed by atoms with Gasteiger partial charge in [0, 0.05) is 13.1 Å². The number of fused-ring (bicyclic) bond motifs is 1. The Labute approximate surface area is 133 Å². The van der Waals surface area contributed by atoms with E-state index in [1.54, 1.807) is 7.05 Å². The number of primary amides is 1. The van der Waals surface area contributed by atoms with Gasteiger partial charge in [0.25, 0.3) is 0 Å². The predicted octanol–water partition coefficient (Wildman–Crippen LogP) is 0.110. The fraction of sp³-hybridized carbons (Fsp3) is 0.438. The molecule has 0 radical (unpaired) electrons. The van der Waals surface area contributed by atoms with Gasteiger partial charge in [0.2, 0.25) is 11.8 Å². The molecule has 0 unspecified atom stereocenters. The third kappa shape index (κ3) is 2.74. The molecule has 122 valence electrons. The fourth-order valence-corrected chi connectivity index (χ4v) is 3.39. The molecule has 0 aliphatic heterocycles. The second kappa shape index (κ2) is 5.91. The highest BCUT2D eigenvalue weighted by molar-refractivity contribution is 5.82. The van der Waals surface area contributed by atoms with E-state index in [4.69, 9.17) is 5.73 Å². The number of carbonyl (C=O) groups is 2. The number of nitrogens with zero attached hydrogens (tertiary/aromatic N) is 2. The highest BCUT2D eigenvalue weighted by atomic mass is 16.2. The van der Waals surface area contributed by atoms with Crippen molar-refractivity contribution in [3.8, 4) is 0 Å². The molecule has 1 aliphatic carbocycles. The number of para-hydroxylation sites is 2. The number of benzene rings is 1. The normalized spacial score (nSPS) is 20.7. The van der Waals surface area contributed by atoms with Crippen LogP contribution in [0.5, 0.6) is 0 Å². The smallest absolute Gasteiger partial charge is 0.329 e. The number of hydrogen-bond acceptors (Lipinski definition) is 3. The van der Waals surface area contributed by atoms with Crippen LogP contribution in [0, 0.1) is 5.92 Å². The number of hydrogen-bond donors (Lipinski definition) is 2. The molecule has 2 amide bonds. The minimum Gasteiger partial charge on any atom is -0.369 e. The number of nitrogens with one attached hydrogen (secondary N) is 1. The van der Waals surface area contributed by atoms with Gasteiger partial charge < -0.3 is 11.1 Å². The lowest BCUT2D eigenvalue weighted by Gasteiger charge is -2.18. The zero-order valence-corrected chi connectivity index (χ0v) is 13.0. The summed E-state index contributed by atoms with van der Waals surface area (Å²) in [5.74, 6) is -0.972. The van der Waals surface area contributed by atoms with E-state index < -0.39 is 0 Å². The van der Waals surface area contributed by atoms with Crippen molar-refractivity contribution in [2.24, 2.45) is 18.7 Å². The first-order valence-corrected chi connectivity index (χ1v) is 7.72. The summed E-state index contributed by atoms with van der Waals surface area (Å²) in [7, 11) is 1.68. The Morgan fingerprint density at radius 2 is 1.96 bits per heavy atom. The number of aromatic nitrogens is 2. The maximum Gasteiger partial charge on any atom is 0.329 e. The number of carbonyl (C=O) groups excluding carboxylic acids is 2. The minimum atomic E-state index is -0.380. The van der Waals surface area contributed by atoms with Crippen molar-refractivity contribution in [2.75, 3.05) is 0 Å². The zero-order chi connectivity index (χ0) is 16.6. The van der Waals surface area contributed by atoms with E-state index in [1.165, 1.54) is 9.13 Å². The maximum absolute atomic E-state index is 12.3. The zero-order valence-electron chi connectivity index (χ0n) is 13.0. The molecule has 3 rings (SSSR count). The summed E-state index contributed by atoms with van der Waals surface area (Å²) in [6.45, 7) is -0.0673. The molecule has 0 bridgehead atoms. The monoisotopic (exact) mass is 316 g/mol. The van der Waals surface area contributed by atoms with E-state index in [-0.39, 0.29) is 36.0 Å². The molecule has 2 atom stereocenters. The van der Waals surface area contributed by atoms with E-state index in [1.807, 2.05) is 24.3 Å². The second-order valence-electron chi connectivity index (χ2n) is 6.03. The average molecular weight is 316 g/mol. The topological polar surface area (TPSA) is 99.1 Å². The van der Waals surface area contributed by atoms with E-state index >= 15 is 0 Å². The van der Waals surface area contributed by atoms with Crippen molar-refractivity contribution >= 4 is 22.8 Å². The lowest BCUT2D eigenvalue weighted by molar-refractivity contribution is -0.124. The highest BCUT2D eigenvalue weighted by Gasteiger charge is 2.32. The summed E-state index contributed by atoms with van der Waals surface area (Å²) in [6.07, 6.45) is 2.31. The molecular formula is C16H20N4O3. The molecular weight excluding hydrogens is 296 g/mol. The Kier molecular flexibility index (Phi) is 3.94. The second-order valence-corrected chi connectivity index (χ2v) is 6.03. The molecule has 1 fully saturated rings. The Morgan fingerprint density at radius 1 is 1.26 bits per heavy atom. The molecule has 1 aliphatic rings. The third-order valence-electron chi connectivity index (χ3n) is 4.58. The van der Waals surface area contributed by atoms with Gasteiger partial charge in [0.15, 0.2) is 0 Å². The molecule has 7 nitrogen and oxygen atoms in total. The molecule has 1 saturated carbocycles. The Bertz CT molecular complexity index is 820. The molecule has 0 spiro atoms. The van der Waals surface area contributed by atoms with Crippen LogP contribution >= 0.6 is 0 Å². The summed E-state index contributed by atoms with van der Waals surface area (Å²) in [5, 5.41) is 2.85. The van der Waals surface area contributed by atoms with Gasteiger partial charge >= 0.3 is 5.69 Å². The van der Waals surface area contributed by atoms with Crippen LogP contribution < -0.4 is 16.7 Å². The van der Waals surface area contributed by atoms with Crippen molar-refractivity contribution in [3.63, 3.8) is 0 Å². The van der Waals surface area contributed by atoms with Gasteiger partial charge in [-0.25, -0.2) is 4.79 Å². The van der Waals surface area contributed by atoms with Crippen LogP contribution in [0.25, 0.3) is 11.0 Å². The van der Waals surface area contributed by atoms with Crippen LogP contribution in [0.15, 0.2) is 29.1 Å². The summed E-state index contributed by atoms with van der Waals surface area (Å²) >= 11 is 0. The first-order valence-electron chi connectivity index (χ1n) is 7.72. The van der Waals surface area contributed by atoms with Gasteiger partial charge in [-0.2, -0.15) is 0 Å². The van der Waals surface area contributed by atoms with Crippen LogP contribution in [-0.4, -0.2) is 27.0 Å². The number of aryl methyl sites for hydroxylation is 1. The van der Waals surface area contributed by atoms with Crippen LogP contribution in [0.1, 0.15) is 19.3 Å². The SMILES string of the molecule is Cn1c(=O)n(CC(=O)N[C@@H]2CCC[C@@H]2C(N)=O)c2ccccc21. The molecule has 7 heteroatoms. The first-order chi connectivity index (χ1) is 11.0. The quantitative estimate of drug-likeness (QED) is 0.837. The summed E-state index contributed by atoms with van der Waals surface area (Å²) in [5.41, 5.74) is 6.63. The lowest BCUT2D eigenvalue weighted by atomic mass is 10.0. The standard InChI is InChI=1S/C16H20N4O3/c1-19-12-7-2-3-8-13(12)20(16(19)23)9-14(21)18-11-6-4-5-10(11)15(17)22/h2-3,7-8,10-11H,4-6,9H2,1H3,(H2,17,22)(H,18,21)/t10-,11+/m0/s1. The van der Waals surface area contributed by atoms with E-state index in [9.17, 15) is 14.4 Å². The number of nitrogens with two attached hydrogens (primary N) is 1. The third-order valence-corrected chi connectivity index (χ3v) is 4.58. The van der Waals surface area contributed by atoms with Gasteiger partial charge in [-0.05, 0) is 25.0 Å². The molecule has 3 N–H and O–H groups in total. The molecule has 1 aromatic carbocycles. The van der Waals surface area contributed by atoms with E-state index in [2.05, 4.69) is 5.32 Å². The van der Waals surface area contributed by atoms with Crippen molar-refractivity contribution in [2.45, 2.75) is 31.8 Å². The minimum absolute atomic E-state index is 0.0673. The Morgan fingerprint density at radius 3 is 2.65 bits per heavy atom. The van der Waals surface area contributed by atoms with Gasteiger partial charge in [0.05, 0.1) is 17.0 Å². The number of imidazole rings is 1. The lowest BCUT2D eigenvalue weighted by Crippen LogP contribution is -2.44. The first kappa shape index (κ1) is 15.3. The molecule has 23 heavy (non-hydrogen) atoms. The van der Waals surface area contributed by atoms with Crippen LogP contribution in [-0.2, 0) is 23.2 Å². The van der Waals surface area contributed by atoms with Gasteiger partial charge in [-0.1, -0.05) is 18.6 Å². The number of amides is 2.